The fourth-order valence-electron chi connectivity index (χ4n) is 8.78. The van der Waals surface area contributed by atoms with Crippen LogP contribution in [0.25, 0.3) is 82.7 Å². The second-order valence-electron chi connectivity index (χ2n) is 13.7. The third-order valence-electron chi connectivity index (χ3n) is 10.9. The Hall–Kier alpha value is -6.58. The Balaban J connectivity index is 1.32. The molecule has 0 aliphatic carbocycles. The van der Waals surface area contributed by atoms with E-state index in [9.17, 15) is 0 Å². The van der Waals surface area contributed by atoms with Crippen LogP contribution in [0.4, 0.5) is 0 Å². The highest BCUT2D eigenvalue weighted by molar-refractivity contribution is 6.88. The molecule has 3 heteroatoms. The minimum atomic E-state index is -0.0648. The Bertz CT molecular complexity index is 2960. The SMILES string of the molecule is c1ccc(-c2ccc3c(c2)c2cc(-c4ccccc4)cc4c2n3-c2ccccc2B4n2c3ccccc3c3cccc(-c4ccccc4)c32)cc1. The van der Waals surface area contributed by atoms with Gasteiger partial charge in [-0.25, -0.2) is 0 Å². The summed E-state index contributed by atoms with van der Waals surface area (Å²) in [6.45, 7) is -0.0648. The molecule has 8 aromatic carbocycles. The van der Waals surface area contributed by atoms with E-state index in [2.05, 4.69) is 197 Å². The number of hydrogen-bond donors (Lipinski definition) is 0. The number of aromatic nitrogens is 2. The van der Waals surface area contributed by atoms with Crippen LogP contribution in [0.1, 0.15) is 0 Å². The summed E-state index contributed by atoms with van der Waals surface area (Å²) in [6.07, 6.45) is 0. The first-order valence-corrected chi connectivity index (χ1v) is 17.7. The van der Waals surface area contributed by atoms with Gasteiger partial charge in [-0.2, -0.15) is 0 Å². The number of fused-ring (bicyclic) bond motifs is 8. The van der Waals surface area contributed by atoms with Gasteiger partial charge >= 0.3 is 6.85 Å². The van der Waals surface area contributed by atoms with Crippen molar-refractivity contribution in [3.63, 3.8) is 0 Å². The van der Waals surface area contributed by atoms with Crippen molar-refractivity contribution in [1.82, 2.24) is 9.05 Å². The Morgan fingerprint density at radius 2 is 0.961 bits per heavy atom. The summed E-state index contributed by atoms with van der Waals surface area (Å²) in [5.41, 5.74) is 16.2. The first kappa shape index (κ1) is 28.3. The molecule has 0 N–H and O–H groups in total. The van der Waals surface area contributed by atoms with E-state index in [1.165, 1.54) is 93.6 Å². The normalized spacial score (nSPS) is 12.3. The van der Waals surface area contributed by atoms with Crippen LogP contribution in [0.2, 0.25) is 0 Å². The molecule has 0 radical (unpaired) electrons. The number of hydrogen-bond acceptors (Lipinski definition) is 0. The van der Waals surface area contributed by atoms with Gasteiger partial charge in [-0.3, -0.25) is 0 Å². The number of nitrogens with zero attached hydrogens (tertiary/aromatic N) is 2. The van der Waals surface area contributed by atoms with Gasteiger partial charge in [0.05, 0.1) is 11.0 Å². The molecule has 0 amide bonds. The van der Waals surface area contributed by atoms with E-state index in [0.29, 0.717) is 0 Å². The van der Waals surface area contributed by atoms with Crippen molar-refractivity contribution in [3.8, 4) is 39.1 Å². The smallest absolute Gasteiger partial charge is 0.332 e. The summed E-state index contributed by atoms with van der Waals surface area (Å²) in [7, 11) is 0. The third-order valence-corrected chi connectivity index (χ3v) is 10.9. The number of rotatable bonds is 4. The molecule has 0 saturated heterocycles. The molecule has 0 spiro atoms. The summed E-state index contributed by atoms with van der Waals surface area (Å²) in [6, 6.07) is 69.2. The minimum Gasteiger partial charge on any atom is -0.375 e. The van der Waals surface area contributed by atoms with Crippen LogP contribution in [-0.4, -0.2) is 15.9 Å². The molecular weight excluding hydrogens is 615 g/mol. The lowest BCUT2D eigenvalue weighted by molar-refractivity contribution is 1.18. The maximum absolute atomic E-state index is 2.64. The van der Waals surface area contributed by atoms with E-state index >= 15 is 0 Å². The Labute approximate surface area is 296 Å². The maximum atomic E-state index is 2.64. The number of para-hydroxylation sites is 3. The first-order chi connectivity index (χ1) is 25.3. The van der Waals surface area contributed by atoms with Crippen LogP contribution in [0.5, 0.6) is 0 Å². The minimum absolute atomic E-state index is 0.0648. The summed E-state index contributed by atoms with van der Waals surface area (Å²) in [5.74, 6) is 0. The van der Waals surface area contributed by atoms with E-state index in [-0.39, 0.29) is 6.85 Å². The Kier molecular flexibility index (Phi) is 6.08. The molecule has 0 bridgehead atoms. The quantitative estimate of drug-likeness (QED) is 0.168. The molecule has 2 nitrogen and oxygen atoms in total. The average molecular weight is 647 g/mol. The van der Waals surface area contributed by atoms with Gasteiger partial charge < -0.3 is 9.05 Å². The van der Waals surface area contributed by atoms with Crippen molar-refractivity contribution in [1.29, 1.82) is 0 Å². The highest BCUT2D eigenvalue weighted by atomic mass is 15.0. The van der Waals surface area contributed by atoms with Crippen molar-refractivity contribution in [2.45, 2.75) is 0 Å². The van der Waals surface area contributed by atoms with Gasteiger partial charge in [0.25, 0.3) is 0 Å². The fraction of sp³-hybridized carbons (Fsp3) is 0. The largest absolute Gasteiger partial charge is 0.375 e. The molecule has 10 aromatic rings. The molecule has 2 aromatic heterocycles. The van der Waals surface area contributed by atoms with E-state index < -0.39 is 0 Å². The summed E-state index contributed by atoms with van der Waals surface area (Å²) in [4.78, 5) is 0. The van der Waals surface area contributed by atoms with Crippen LogP contribution in [0.15, 0.2) is 188 Å². The topological polar surface area (TPSA) is 9.86 Å². The van der Waals surface area contributed by atoms with Gasteiger partial charge in [-0.05, 0) is 69.1 Å². The molecule has 0 saturated carbocycles. The molecule has 0 fully saturated rings. The van der Waals surface area contributed by atoms with Crippen LogP contribution in [-0.2, 0) is 0 Å². The van der Waals surface area contributed by atoms with Gasteiger partial charge in [-0.1, -0.05) is 158 Å². The molecule has 3 heterocycles. The van der Waals surface area contributed by atoms with Crippen LogP contribution in [0.3, 0.4) is 0 Å². The molecule has 0 atom stereocenters. The Morgan fingerprint density at radius 3 is 1.75 bits per heavy atom. The highest BCUT2D eigenvalue weighted by Gasteiger charge is 2.37. The number of benzene rings is 8. The van der Waals surface area contributed by atoms with Gasteiger partial charge in [0, 0.05) is 43.8 Å². The molecule has 0 unspecified atom stereocenters. The van der Waals surface area contributed by atoms with Gasteiger partial charge in [0.2, 0.25) is 0 Å². The second-order valence-corrected chi connectivity index (χ2v) is 13.7. The van der Waals surface area contributed by atoms with E-state index in [1.807, 2.05) is 0 Å². The molecule has 51 heavy (non-hydrogen) atoms. The van der Waals surface area contributed by atoms with E-state index in [1.54, 1.807) is 0 Å². The molecule has 1 aliphatic heterocycles. The summed E-state index contributed by atoms with van der Waals surface area (Å²) >= 11 is 0. The summed E-state index contributed by atoms with van der Waals surface area (Å²) < 4.78 is 5.17. The lowest BCUT2D eigenvalue weighted by Crippen LogP contribution is -2.53. The maximum Gasteiger partial charge on any atom is 0.332 e. The fourth-order valence-corrected chi connectivity index (χ4v) is 8.78. The van der Waals surface area contributed by atoms with Crippen LogP contribution < -0.4 is 10.9 Å². The molecule has 236 valence electrons. The molecule has 11 rings (SSSR count). The van der Waals surface area contributed by atoms with Gasteiger partial charge in [0.1, 0.15) is 0 Å². The van der Waals surface area contributed by atoms with Crippen LogP contribution in [0, 0.1) is 0 Å². The van der Waals surface area contributed by atoms with E-state index in [4.69, 9.17) is 0 Å². The zero-order valence-corrected chi connectivity index (χ0v) is 27.9. The predicted molar refractivity (Wildman–Crippen MR) is 217 cm³/mol. The standard InChI is InChI=1S/C48H31BN2/c1-4-15-32(16-5-1)35-27-28-44-40(29-35)41-30-36(33-17-6-2-7-18-33)31-43-48(41)50(44)46-26-13-11-24-42(46)49(43)51-45-25-12-10-21-38(45)39-23-14-22-37(47(39)51)34-19-8-3-9-20-34/h1-31H. The monoisotopic (exact) mass is 646 g/mol. The lowest BCUT2D eigenvalue weighted by Gasteiger charge is -2.29. The first-order valence-electron chi connectivity index (χ1n) is 17.7. The molecular formula is C48H31BN2. The van der Waals surface area contributed by atoms with Gasteiger partial charge in [0.15, 0.2) is 0 Å². The third kappa shape index (κ3) is 4.12. The van der Waals surface area contributed by atoms with Crippen molar-refractivity contribution in [2.24, 2.45) is 0 Å². The lowest BCUT2D eigenvalue weighted by atomic mass is 9.48. The summed E-state index contributed by atoms with van der Waals surface area (Å²) in [5, 5.41) is 5.10. The average Bonchev–Trinajstić information content (AvgIpc) is 3.72. The van der Waals surface area contributed by atoms with Gasteiger partial charge in [-0.15, -0.1) is 0 Å². The van der Waals surface area contributed by atoms with E-state index in [0.717, 1.165) is 0 Å². The van der Waals surface area contributed by atoms with Crippen molar-refractivity contribution in [3.05, 3.63) is 188 Å². The Morgan fingerprint density at radius 1 is 0.333 bits per heavy atom. The van der Waals surface area contributed by atoms with Crippen LogP contribution >= 0.6 is 0 Å². The second kappa shape index (κ2) is 11.0. The zero-order valence-electron chi connectivity index (χ0n) is 27.9. The highest BCUT2D eigenvalue weighted by Crippen LogP contribution is 2.41. The molecule has 1 aliphatic rings. The zero-order chi connectivity index (χ0) is 33.5. The van der Waals surface area contributed by atoms with Crippen molar-refractivity contribution >= 4 is 61.4 Å². The van der Waals surface area contributed by atoms with Crippen molar-refractivity contribution < 1.29 is 0 Å². The van der Waals surface area contributed by atoms with Crippen molar-refractivity contribution in [2.75, 3.05) is 0 Å². The predicted octanol–water partition coefficient (Wildman–Crippen LogP) is 10.9.